The van der Waals surface area contributed by atoms with E-state index in [9.17, 15) is 13.2 Å². The second-order valence-corrected chi connectivity index (χ2v) is 9.43. The second kappa shape index (κ2) is 7.19. The molecule has 3 rings (SSSR count). The van der Waals surface area contributed by atoms with E-state index >= 15 is 0 Å². The Hall–Kier alpha value is -2.60. The molecule has 0 heterocycles. The minimum atomic E-state index is -3.63. The topological polar surface area (TPSA) is 75.3 Å². The number of benzene rings is 2. The smallest absolute Gasteiger partial charge is 0.258 e. The molecular weight excluding hydrogens is 360 g/mol. The summed E-state index contributed by atoms with van der Waals surface area (Å²) in [5, 5.41) is 2.88. The van der Waals surface area contributed by atoms with Crippen molar-refractivity contribution < 1.29 is 13.2 Å². The predicted octanol–water partition coefficient (Wildman–Crippen LogP) is 3.94. The number of allylic oxidation sites excluding steroid dienone is 1. The van der Waals surface area contributed by atoms with Crippen LogP contribution < -0.4 is 10.0 Å². The van der Waals surface area contributed by atoms with E-state index in [1.54, 1.807) is 30.3 Å². The van der Waals surface area contributed by atoms with E-state index in [2.05, 4.69) is 10.0 Å². The van der Waals surface area contributed by atoms with E-state index in [4.69, 9.17) is 0 Å². The second-order valence-electron chi connectivity index (χ2n) is 7.70. The van der Waals surface area contributed by atoms with Gasteiger partial charge in [-0.05, 0) is 75.1 Å². The van der Waals surface area contributed by atoms with Gasteiger partial charge in [0, 0.05) is 16.8 Å². The third-order valence-electron chi connectivity index (χ3n) is 4.25. The van der Waals surface area contributed by atoms with Crippen LogP contribution in [-0.2, 0) is 16.4 Å². The molecular formula is C21H24N2O3S. The van der Waals surface area contributed by atoms with Crippen LogP contribution in [0.3, 0.4) is 0 Å². The van der Waals surface area contributed by atoms with Gasteiger partial charge in [-0.2, -0.15) is 0 Å². The molecule has 2 aromatic carbocycles. The number of sulfonamides is 1. The predicted molar refractivity (Wildman–Crippen MR) is 109 cm³/mol. The fourth-order valence-corrected chi connectivity index (χ4v) is 4.17. The summed E-state index contributed by atoms with van der Waals surface area (Å²) in [6, 6.07) is 14.2. The molecule has 1 amide bonds. The SMILES string of the molecule is CC(C)(C)NC(=O)c1ccc(NS(=O)(=O)C2=Cc3ccccc3CC2)cc1. The zero-order chi connectivity index (χ0) is 19.7. The van der Waals surface area contributed by atoms with Crippen LogP contribution >= 0.6 is 0 Å². The van der Waals surface area contributed by atoms with Crippen molar-refractivity contribution >= 4 is 27.7 Å². The summed E-state index contributed by atoms with van der Waals surface area (Å²) in [7, 11) is -3.63. The van der Waals surface area contributed by atoms with Crippen LogP contribution in [-0.4, -0.2) is 19.9 Å². The molecule has 0 aromatic heterocycles. The molecule has 5 nitrogen and oxygen atoms in total. The summed E-state index contributed by atoms with van der Waals surface area (Å²) < 4.78 is 28.0. The first kappa shape index (κ1) is 19.2. The van der Waals surface area contributed by atoms with Crippen molar-refractivity contribution in [1.82, 2.24) is 5.32 Å². The van der Waals surface area contributed by atoms with Gasteiger partial charge in [0.25, 0.3) is 15.9 Å². The molecule has 0 atom stereocenters. The van der Waals surface area contributed by atoms with Gasteiger partial charge >= 0.3 is 0 Å². The highest BCUT2D eigenvalue weighted by Crippen LogP contribution is 2.28. The van der Waals surface area contributed by atoms with Gasteiger partial charge in [-0.3, -0.25) is 9.52 Å². The molecule has 0 bridgehead atoms. The number of carbonyl (C=O) groups excluding carboxylic acids is 1. The molecule has 0 saturated carbocycles. The first-order valence-electron chi connectivity index (χ1n) is 8.88. The molecule has 1 aliphatic rings. The average Bonchev–Trinajstić information content (AvgIpc) is 2.60. The molecule has 0 unspecified atom stereocenters. The number of carbonyl (C=O) groups is 1. The minimum absolute atomic E-state index is 0.191. The highest BCUT2D eigenvalue weighted by molar-refractivity contribution is 7.96. The molecule has 6 heteroatoms. The van der Waals surface area contributed by atoms with Gasteiger partial charge < -0.3 is 5.32 Å². The monoisotopic (exact) mass is 384 g/mol. The van der Waals surface area contributed by atoms with E-state index in [0.717, 1.165) is 11.1 Å². The molecule has 0 radical (unpaired) electrons. The first-order valence-corrected chi connectivity index (χ1v) is 10.4. The summed E-state index contributed by atoms with van der Waals surface area (Å²) in [5.41, 5.74) is 2.69. The largest absolute Gasteiger partial charge is 0.347 e. The van der Waals surface area contributed by atoms with E-state index < -0.39 is 10.0 Å². The van der Waals surface area contributed by atoms with Crippen LogP contribution in [0.15, 0.2) is 53.4 Å². The fraction of sp³-hybridized carbons (Fsp3) is 0.286. The number of hydrogen-bond donors (Lipinski definition) is 2. The van der Waals surface area contributed by atoms with Crippen molar-refractivity contribution in [2.24, 2.45) is 0 Å². The van der Waals surface area contributed by atoms with Crippen molar-refractivity contribution in [1.29, 1.82) is 0 Å². The first-order chi connectivity index (χ1) is 12.6. The van der Waals surface area contributed by atoms with Gasteiger partial charge in [0.2, 0.25) is 0 Å². The van der Waals surface area contributed by atoms with E-state index in [1.165, 1.54) is 0 Å². The molecule has 0 spiro atoms. The summed E-state index contributed by atoms with van der Waals surface area (Å²) >= 11 is 0. The molecule has 1 aliphatic carbocycles. The number of anilines is 1. The van der Waals surface area contributed by atoms with Crippen LogP contribution in [0.5, 0.6) is 0 Å². The highest BCUT2D eigenvalue weighted by atomic mass is 32.2. The minimum Gasteiger partial charge on any atom is -0.347 e. The number of nitrogens with one attached hydrogen (secondary N) is 2. The van der Waals surface area contributed by atoms with Crippen molar-refractivity contribution in [3.63, 3.8) is 0 Å². The van der Waals surface area contributed by atoms with E-state index in [-0.39, 0.29) is 11.4 Å². The lowest BCUT2D eigenvalue weighted by Gasteiger charge is -2.20. The lowest BCUT2D eigenvalue weighted by atomic mass is 9.98. The summed E-state index contributed by atoms with van der Waals surface area (Å²) in [5.74, 6) is -0.191. The Kier molecular flexibility index (Phi) is 5.11. The Morgan fingerprint density at radius 1 is 0.963 bits per heavy atom. The maximum Gasteiger partial charge on any atom is 0.258 e. The number of hydrogen-bond acceptors (Lipinski definition) is 3. The molecule has 27 heavy (non-hydrogen) atoms. The van der Waals surface area contributed by atoms with Crippen LogP contribution in [0.4, 0.5) is 5.69 Å². The molecule has 142 valence electrons. The van der Waals surface area contributed by atoms with E-state index in [0.29, 0.717) is 29.0 Å². The zero-order valence-electron chi connectivity index (χ0n) is 15.7. The molecule has 2 aromatic rings. The third-order valence-corrected chi connectivity index (χ3v) is 5.76. The summed E-state index contributed by atoms with van der Waals surface area (Å²) in [6.45, 7) is 5.72. The molecule has 0 fully saturated rings. The summed E-state index contributed by atoms with van der Waals surface area (Å²) in [6.07, 6.45) is 2.90. The summed E-state index contributed by atoms with van der Waals surface area (Å²) in [4.78, 5) is 12.5. The van der Waals surface area contributed by atoms with Crippen LogP contribution in [0.1, 0.15) is 48.7 Å². The van der Waals surface area contributed by atoms with Gasteiger partial charge in [-0.25, -0.2) is 8.42 Å². The fourth-order valence-electron chi connectivity index (χ4n) is 2.94. The van der Waals surface area contributed by atoms with Crippen molar-refractivity contribution in [3.05, 3.63) is 70.1 Å². The van der Waals surface area contributed by atoms with Crippen molar-refractivity contribution in [2.75, 3.05) is 4.72 Å². The van der Waals surface area contributed by atoms with Gasteiger partial charge in [0.05, 0.1) is 4.91 Å². The number of amides is 1. The molecule has 2 N–H and O–H groups in total. The van der Waals surface area contributed by atoms with Crippen LogP contribution in [0, 0.1) is 0 Å². The number of aryl methyl sites for hydroxylation is 1. The standard InChI is InChI=1S/C21H24N2O3S/c1-21(2,3)22-20(24)16-8-11-18(12-9-16)23-27(25,26)19-13-10-15-6-4-5-7-17(15)14-19/h4-9,11-12,14,23H,10,13H2,1-3H3,(H,22,24). The van der Waals surface area contributed by atoms with Crippen molar-refractivity contribution in [3.8, 4) is 0 Å². The number of fused-ring (bicyclic) bond motifs is 1. The zero-order valence-corrected chi connectivity index (χ0v) is 16.6. The highest BCUT2D eigenvalue weighted by Gasteiger charge is 2.22. The maximum atomic E-state index is 12.7. The number of rotatable bonds is 4. The van der Waals surface area contributed by atoms with Gasteiger partial charge in [-0.15, -0.1) is 0 Å². The van der Waals surface area contributed by atoms with Gasteiger partial charge in [0.15, 0.2) is 0 Å². The van der Waals surface area contributed by atoms with Crippen LogP contribution in [0.25, 0.3) is 6.08 Å². The molecule has 0 saturated heterocycles. The maximum absolute atomic E-state index is 12.7. The molecule has 0 aliphatic heterocycles. The van der Waals surface area contributed by atoms with Gasteiger partial charge in [-0.1, -0.05) is 24.3 Å². The quantitative estimate of drug-likeness (QED) is 0.838. The Morgan fingerprint density at radius 2 is 1.63 bits per heavy atom. The third kappa shape index (κ3) is 4.77. The van der Waals surface area contributed by atoms with Crippen LogP contribution in [0.2, 0.25) is 0 Å². The van der Waals surface area contributed by atoms with E-state index in [1.807, 2.05) is 45.0 Å². The van der Waals surface area contributed by atoms with Crippen molar-refractivity contribution in [2.45, 2.75) is 39.2 Å². The Labute approximate surface area is 160 Å². The van der Waals surface area contributed by atoms with Gasteiger partial charge in [0.1, 0.15) is 0 Å². The average molecular weight is 385 g/mol. The lowest BCUT2D eigenvalue weighted by molar-refractivity contribution is 0.0919. The normalized spacial score (nSPS) is 14.1. The lowest BCUT2D eigenvalue weighted by Crippen LogP contribution is -2.40. The Morgan fingerprint density at radius 3 is 2.30 bits per heavy atom. The Balaban J connectivity index is 1.75. The Bertz CT molecular complexity index is 985.